The number of aryl methyl sites for hydroxylation is 1. The van der Waals surface area contributed by atoms with Gasteiger partial charge in [-0.25, -0.2) is 19.3 Å². The van der Waals surface area contributed by atoms with Gasteiger partial charge in [0.2, 0.25) is 5.88 Å². The zero-order chi connectivity index (χ0) is 22.6. The summed E-state index contributed by atoms with van der Waals surface area (Å²) >= 11 is 1.41. The molecule has 2 aromatic heterocycles. The molecule has 11 heteroatoms. The molecule has 0 fully saturated rings. The van der Waals surface area contributed by atoms with Crippen LogP contribution in [0, 0.1) is 12.7 Å². The molecular weight excluding hydrogens is 457 g/mol. The van der Waals surface area contributed by atoms with E-state index >= 15 is 0 Å². The standard InChI is InChI=1S/C21H18FN3O5S2/c1-10-4-12(18-15(5-10)24-17(28-2)8-23-18)21-25-16-7-14(22)19-13(20(16)31-21)6-11(30-19)9-29-32(3,26)27/h4-5,7-8,11H,6,9H2,1-3H3. The van der Waals surface area contributed by atoms with Crippen LogP contribution in [0.25, 0.3) is 31.8 Å². The van der Waals surface area contributed by atoms with E-state index in [0.29, 0.717) is 39.4 Å². The lowest BCUT2D eigenvalue weighted by Crippen LogP contribution is -2.22. The van der Waals surface area contributed by atoms with Crippen molar-refractivity contribution < 1.29 is 26.5 Å². The smallest absolute Gasteiger partial charge is 0.264 e. The molecule has 1 unspecified atom stereocenters. The van der Waals surface area contributed by atoms with Gasteiger partial charge in [-0.1, -0.05) is 0 Å². The lowest BCUT2D eigenvalue weighted by atomic mass is 10.1. The van der Waals surface area contributed by atoms with Crippen LogP contribution in [0.4, 0.5) is 4.39 Å². The lowest BCUT2D eigenvalue weighted by Gasteiger charge is -2.09. The maximum atomic E-state index is 14.7. The van der Waals surface area contributed by atoms with Crippen molar-refractivity contribution >= 4 is 42.7 Å². The van der Waals surface area contributed by atoms with Gasteiger partial charge in [0.05, 0.1) is 40.8 Å². The number of ether oxygens (including phenoxy) is 2. The number of nitrogens with zero attached hydrogens (tertiary/aromatic N) is 3. The van der Waals surface area contributed by atoms with Gasteiger partial charge in [0.25, 0.3) is 10.1 Å². The number of hydrogen-bond acceptors (Lipinski definition) is 9. The molecule has 32 heavy (non-hydrogen) atoms. The Morgan fingerprint density at radius 3 is 2.81 bits per heavy atom. The topological polar surface area (TPSA) is 101 Å². The summed E-state index contributed by atoms with van der Waals surface area (Å²) in [6, 6.07) is 5.22. The average Bonchev–Trinajstić information content (AvgIpc) is 3.35. The summed E-state index contributed by atoms with van der Waals surface area (Å²) in [7, 11) is -2.09. The van der Waals surface area contributed by atoms with Crippen LogP contribution in [0.15, 0.2) is 24.4 Å². The first-order valence-corrected chi connectivity index (χ1v) is 12.3. The highest BCUT2D eigenvalue weighted by Crippen LogP contribution is 2.43. The van der Waals surface area contributed by atoms with Gasteiger partial charge in [-0.3, -0.25) is 4.18 Å². The van der Waals surface area contributed by atoms with Gasteiger partial charge >= 0.3 is 0 Å². The summed E-state index contributed by atoms with van der Waals surface area (Å²) in [4.78, 5) is 13.6. The third kappa shape index (κ3) is 3.76. The average molecular weight is 476 g/mol. The van der Waals surface area contributed by atoms with Crippen molar-refractivity contribution in [3.8, 4) is 22.2 Å². The van der Waals surface area contributed by atoms with Gasteiger partial charge in [-0.2, -0.15) is 8.42 Å². The molecule has 2 aromatic carbocycles. The second kappa shape index (κ2) is 7.61. The van der Waals surface area contributed by atoms with Gasteiger partial charge in [-0.15, -0.1) is 11.3 Å². The zero-order valence-electron chi connectivity index (χ0n) is 17.4. The molecule has 0 bridgehead atoms. The van der Waals surface area contributed by atoms with Crippen LogP contribution in [0.2, 0.25) is 0 Å². The number of benzene rings is 2. The Kier molecular flexibility index (Phi) is 4.99. The third-order valence-corrected chi connectivity index (χ3v) is 6.80. The van der Waals surface area contributed by atoms with Crippen molar-refractivity contribution in [3.63, 3.8) is 0 Å². The van der Waals surface area contributed by atoms with Crippen molar-refractivity contribution in [1.82, 2.24) is 15.0 Å². The molecule has 8 nitrogen and oxygen atoms in total. The second-order valence-corrected chi connectivity index (χ2v) is 10.2. The summed E-state index contributed by atoms with van der Waals surface area (Å²) in [5.41, 5.74) is 4.29. The summed E-state index contributed by atoms with van der Waals surface area (Å²) in [6.45, 7) is 1.77. The predicted molar refractivity (Wildman–Crippen MR) is 118 cm³/mol. The Balaban J connectivity index is 1.59. The van der Waals surface area contributed by atoms with Crippen molar-refractivity contribution in [2.75, 3.05) is 20.0 Å². The van der Waals surface area contributed by atoms with E-state index in [-0.39, 0.29) is 12.4 Å². The molecule has 0 spiro atoms. The van der Waals surface area contributed by atoms with Gasteiger partial charge in [0.1, 0.15) is 17.7 Å². The molecule has 0 saturated heterocycles. The Morgan fingerprint density at radius 2 is 2.06 bits per heavy atom. The fourth-order valence-electron chi connectivity index (χ4n) is 3.74. The number of hydrogen-bond donors (Lipinski definition) is 0. The molecule has 1 atom stereocenters. The predicted octanol–water partition coefficient (Wildman–Crippen LogP) is 3.64. The lowest BCUT2D eigenvalue weighted by molar-refractivity contribution is 0.149. The highest BCUT2D eigenvalue weighted by atomic mass is 32.2. The Labute approximate surface area is 187 Å². The summed E-state index contributed by atoms with van der Waals surface area (Å²) in [6.07, 6.45) is 2.25. The van der Waals surface area contributed by atoms with E-state index in [1.165, 1.54) is 24.5 Å². The molecule has 0 saturated carbocycles. The number of fused-ring (bicyclic) bond motifs is 4. The molecule has 1 aliphatic heterocycles. The quantitative estimate of drug-likeness (QED) is 0.403. The minimum atomic E-state index is -3.62. The van der Waals surface area contributed by atoms with E-state index in [1.54, 1.807) is 6.20 Å². The van der Waals surface area contributed by atoms with E-state index in [0.717, 1.165) is 22.1 Å². The maximum Gasteiger partial charge on any atom is 0.264 e. The number of halogens is 1. The van der Waals surface area contributed by atoms with E-state index in [2.05, 4.69) is 15.0 Å². The minimum Gasteiger partial charge on any atom is -0.484 e. The highest BCUT2D eigenvalue weighted by molar-refractivity contribution is 7.85. The fraction of sp³-hybridized carbons (Fsp3) is 0.286. The van der Waals surface area contributed by atoms with Gasteiger partial charge < -0.3 is 9.47 Å². The Morgan fingerprint density at radius 1 is 1.25 bits per heavy atom. The van der Waals surface area contributed by atoms with Crippen molar-refractivity contribution in [2.24, 2.45) is 0 Å². The normalized spacial score (nSPS) is 15.8. The van der Waals surface area contributed by atoms with Crippen LogP contribution in [0.5, 0.6) is 11.6 Å². The molecule has 1 aliphatic rings. The number of aromatic nitrogens is 3. The first-order chi connectivity index (χ1) is 15.2. The molecule has 0 aliphatic carbocycles. The molecule has 0 N–H and O–H groups in total. The van der Waals surface area contributed by atoms with Gasteiger partial charge in [0, 0.05) is 23.6 Å². The SMILES string of the molecule is COc1cnc2c(-c3nc4cc(F)c5c(c4s3)CC(COS(C)(=O)=O)O5)cc(C)cc2n1. The molecule has 4 aromatic rings. The van der Waals surface area contributed by atoms with Crippen molar-refractivity contribution in [1.29, 1.82) is 0 Å². The van der Waals surface area contributed by atoms with E-state index in [9.17, 15) is 12.8 Å². The maximum absolute atomic E-state index is 14.7. The Hall–Kier alpha value is -2.89. The van der Waals surface area contributed by atoms with E-state index < -0.39 is 22.0 Å². The van der Waals surface area contributed by atoms with Crippen LogP contribution in [-0.2, 0) is 20.7 Å². The zero-order valence-corrected chi connectivity index (χ0v) is 19.0. The second-order valence-electron chi connectivity index (χ2n) is 7.56. The van der Waals surface area contributed by atoms with E-state index in [1.807, 2.05) is 19.1 Å². The fourth-order valence-corrected chi connectivity index (χ4v) is 5.25. The summed E-state index contributed by atoms with van der Waals surface area (Å²) in [5.74, 6) is -0.00370. The summed E-state index contributed by atoms with van der Waals surface area (Å²) < 4.78 is 53.8. The van der Waals surface area contributed by atoms with Crippen LogP contribution >= 0.6 is 11.3 Å². The van der Waals surface area contributed by atoms with E-state index in [4.69, 9.17) is 13.7 Å². The number of thiazole rings is 1. The molecule has 3 heterocycles. The monoisotopic (exact) mass is 475 g/mol. The molecular formula is C21H18FN3O5S2. The molecule has 5 rings (SSSR count). The largest absolute Gasteiger partial charge is 0.484 e. The minimum absolute atomic E-state index is 0.119. The van der Waals surface area contributed by atoms with Crippen LogP contribution in [0.1, 0.15) is 11.1 Å². The number of rotatable bonds is 5. The van der Waals surface area contributed by atoms with Gasteiger partial charge in [-0.05, 0) is 24.6 Å². The molecule has 0 amide bonds. The Bertz CT molecular complexity index is 1490. The highest BCUT2D eigenvalue weighted by Gasteiger charge is 2.31. The van der Waals surface area contributed by atoms with Crippen LogP contribution < -0.4 is 9.47 Å². The van der Waals surface area contributed by atoms with Crippen LogP contribution in [-0.4, -0.2) is 49.4 Å². The molecule has 166 valence electrons. The third-order valence-electron chi connectivity index (χ3n) is 5.07. The van der Waals surface area contributed by atoms with Crippen molar-refractivity contribution in [3.05, 3.63) is 41.3 Å². The summed E-state index contributed by atoms with van der Waals surface area (Å²) in [5, 5.41) is 0.678. The van der Waals surface area contributed by atoms with Gasteiger partial charge in [0.15, 0.2) is 11.6 Å². The number of methoxy groups -OCH3 is 1. The van der Waals surface area contributed by atoms with Crippen LogP contribution in [0.3, 0.4) is 0 Å². The first-order valence-electron chi connectivity index (χ1n) is 9.66. The molecule has 0 radical (unpaired) electrons. The van der Waals surface area contributed by atoms with Crippen molar-refractivity contribution in [2.45, 2.75) is 19.4 Å². The first kappa shape index (κ1) is 21.0.